The maximum atomic E-state index is 12.0. The smallest absolute Gasteiger partial charge is 0.453 e. The summed E-state index contributed by atoms with van der Waals surface area (Å²) >= 11 is 0. The molecule has 2 N–H and O–H groups in total. The lowest BCUT2D eigenvalue weighted by molar-refractivity contribution is -0.203. The molecule has 0 aromatic rings. The van der Waals surface area contributed by atoms with Crippen molar-refractivity contribution in [1.29, 1.82) is 0 Å². The molecule has 1 saturated heterocycles. The predicted molar refractivity (Wildman–Crippen MR) is 60.3 cm³/mol. The monoisotopic (exact) mass is 281 g/mol. The Hall–Kier alpha value is -0.820. The minimum absolute atomic E-state index is 0.0794. The summed E-state index contributed by atoms with van der Waals surface area (Å²) in [5.74, 6) is -1.65. The second-order valence-corrected chi connectivity index (χ2v) is 5.69. The van der Waals surface area contributed by atoms with Crippen LogP contribution in [-0.4, -0.2) is 41.5 Å². The van der Waals surface area contributed by atoms with E-state index in [0.29, 0.717) is 12.3 Å². The molecule has 110 valence electrons. The SMILES string of the molecule is CC1CCC(CC2(O)CC2OC(=O)C(F)(F)F)NC1. The molecule has 2 fully saturated rings. The summed E-state index contributed by atoms with van der Waals surface area (Å²) < 4.78 is 40.3. The van der Waals surface area contributed by atoms with Gasteiger partial charge in [-0.25, -0.2) is 4.79 Å². The summed E-state index contributed by atoms with van der Waals surface area (Å²) in [4.78, 5) is 10.7. The first-order chi connectivity index (χ1) is 8.71. The van der Waals surface area contributed by atoms with Crippen LogP contribution in [0.25, 0.3) is 0 Å². The van der Waals surface area contributed by atoms with Crippen molar-refractivity contribution in [3.63, 3.8) is 0 Å². The highest BCUT2D eigenvalue weighted by Crippen LogP contribution is 2.44. The molecule has 4 atom stereocenters. The number of alkyl halides is 3. The van der Waals surface area contributed by atoms with Gasteiger partial charge in [0.1, 0.15) is 11.7 Å². The second-order valence-electron chi connectivity index (χ2n) is 5.69. The Morgan fingerprint density at radius 2 is 2.16 bits per heavy atom. The van der Waals surface area contributed by atoms with Crippen molar-refractivity contribution < 1.29 is 27.8 Å². The third kappa shape index (κ3) is 3.60. The maximum absolute atomic E-state index is 12.0. The molecule has 1 aliphatic heterocycles. The molecule has 4 unspecified atom stereocenters. The van der Waals surface area contributed by atoms with E-state index >= 15 is 0 Å². The number of aliphatic hydroxyl groups is 1. The Bertz CT molecular complexity index is 353. The Balaban J connectivity index is 1.78. The number of piperidine rings is 1. The Kier molecular flexibility index (Phi) is 3.79. The molecule has 7 heteroatoms. The summed E-state index contributed by atoms with van der Waals surface area (Å²) in [5, 5.41) is 13.3. The van der Waals surface area contributed by atoms with Crippen LogP contribution in [0.15, 0.2) is 0 Å². The fourth-order valence-corrected chi connectivity index (χ4v) is 2.48. The van der Waals surface area contributed by atoms with E-state index in [9.17, 15) is 23.1 Å². The second kappa shape index (κ2) is 4.94. The molecule has 0 bridgehead atoms. The van der Waals surface area contributed by atoms with Gasteiger partial charge in [-0.15, -0.1) is 0 Å². The fraction of sp³-hybridized carbons (Fsp3) is 0.917. The van der Waals surface area contributed by atoms with Crippen LogP contribution in [0.2, 0.25) is 0 Å². The third-order valence-corrected chi connectivity index (χ3v) is 3.82. The molecule has 0 radical (unpaired) electrons. The van der Waals surface area contributed by atoms with Gasteiger partial charge in [0, 0.05) is 12.5 Å². The van der Waals surface area contributed by atoms with Crippen LogP contribution in [-0.2, 0) is 9.53 Å². The van der Waals surface area contributed by atoms with Crippen molar-refractivity contribution in [2.45, 2.75) is 56.5 Å². The lowest BCUT2D eigenvalue weighted by Crippen LogP contribution is -2.41. The number of hydrogen-bond donors (Lipinski definition) is 2. The van der Waals surface area contributed by atoms with E-state index in [0.717, 1.165) is 19.4 Å². The van der Waals surface area contributed by atoms with Gasteiger partial charge >= 0.3 is 12.1 Å². The fourth-order valence-electron chi connectivity index (χ4n) is 2.48. The summed E-state index contributed by atoms with van der Waals surface area (Å²) in [5.41, 5.74) is -1.29. The van der Waals surface area contributed by atoms with Crippen molar-refractivity contribution in [2.24, 2.45) is 5.92 Å². The van der Waals surface area contributed by atoms with Gasteiger partial charge in [0.05, 0.1) is 0 Å². The highest BCUT2D eigenvalue weighted by molar-refractivity contribution is 5.76. The van der Waals surface area contributed by atoms with Gasteiger partial charge in [0.15, 0.2) is 0 Å². The van der Waals surface area contributed by atoms with Crippen molar-refractivity contribution in [2.75, 3.05) is 6.54 Å². The van der Waals surface area contributed by atoms with Gasteiger partial charge in [-0.3, -0.25) is 0 Å². The maximum Gasteiger partial charge on any atom is 0.490 e. The average Bonchev–Trinajstić information content (AvgIpc) is 2.91. The number of hydrogen-bond acceptors (Lipinski definition) is 4. The molecule has 0 aromatic heterocycles. The molecule has 0 amide bonds. The summed E-state index contributed by atoms with van der Waals surface area (Å²) in [7, 11) is 0. The quantitative estimate of drug-likeness (QED) is 0.767. The van der Waals surface area contributed by atoms with Crippen molar-refractivity contribution in [3.8, 4) is 0 Å². The molecule has 19 heavy (non-hydrogen) atoms. The van der Waals surface area contributed by atoms with Crippen molar-refractivity contribution >= 4 is 5.97 Å². The minimum atomic E-state index is -5.00. The molecule has 1 heterocycles. The number of carbonyl (C=O) groups is 1. The van der Waals surface area contributed by atoms with E-state index in [2.05, 4.69) is 17.0 Å². The van der Waals surface area contributed by atoms with E-state index in [1.165, 1.54) is 0 Å². The van der Waals surface area contributed by atoms with Gasteiger partial charge in [-0.1, -0.05) is 6.92 Å². The van der Waals surface area contributed by atoms with E-state index in [1.807, 2.05) is 0 Å². The highest BCUT2D eigenvalue weighted by Gasteiger charge is 2.59. The van der Waals surface area contributed by atoms with Crippen LogP contribution < -0.4 is 5.32 Å². The third-order valence-electron chi connectivity index (χ3n) is 3.82. The zero-order valence-corrected chi connectivity index (χ0v) is 10.7. The van der Waals surface area contributed by atoms with Crippen LogP contribution in [0.5, 0.6) is 0 Å². The Labute approximate surface area is 109 Å². The minimum Gasteiger partial charge on any atom is -0.453 e. The number of nitrogens with one attached hydrogen (secondary N) is 1. The summed E-state index contributed by atoms with van der Waals surface area (Å²) in [6, 6.07) is 0.0794. The summed E-state index contributed by atoms with van der Waals surface area (Å²) in [6.45, 7) is 2.96. The normalized spacial score (nSPS) is 38.9. The molecule has 1 saturated carbocycles. The topological polar surface area (TPSA) is 58.6 Å². The van der Waals surface area contributed by atoms with Gasteiger partial charge in [0.25, 0.3) is 0 Å². The number of carbonyl (C=O) groups excluding carboxylic acids is 1. The standard InChI is InChI=1S/C12H18F3NO3/c1-7-2-3-8(16-6-7)4-11(18)5-9(11)19-10(17)12(13,14)15/h7-9,16,18H,2-6H2,1H3. The number of rotatable bonds is 3. The first-order valence-electron chi connectivity index (χ1n) is 6.44. The van der Waals surface area contributed by atoms with E-state index < -0.39 is 23.9 Å². The largest absolute Gasteiger partial charge is 0.490 e. The van der Waals surface area contributed by atoms with Crippen molar-refractivity contribution in [1.82, 2.24) is 5.32 Å². The van der Waals surface area contributed by atoms with Gasteiger partial charge in [-0.2, -0.15) is 13.2 Å². The molecule has 0 spiro atoms. The zero-order valence-electron chi connectivity index (χ0n) is 10.7. The Morgan fingerprint density at radius 1 is 1.47 bits per heavy atom. The first-order valence-corrected chi connectivity index (χ1v) is 6.44. The highest BCUT2D eigenvalue weighted by atomic mass is 19.4. The van der Waals surface area contributed by atoms with Gasteiger partial charge in [0.2, 0.25) is 0 Å². The average molecular weight is 281 g/mol. The van der Waals surface area contributed by atoms with Crippen LogP contribution >= 0.6 is 0 Å². The molecular weight excluding hydrogens is 263 g/mol. The molecule has 2 aliphatic rings. The Morgan fingerprint density at radius 3 is 2.68 bits per heavy atom. The molecular formula is C12H18F3NO3. The predicted octanol–water partition coefficient (Wildman–Crippen LogP) is 1.37. The summed E-state index contributed by atoms with van der Waals surface area (Å²) in [6.07, 6.45) is -3.70. The van der Waals surface area contributed by atoms with E-state index in [1.54, 1.807) is 0 Å². The van der Waals surface area contributed by atoms with Crippen molar-refractivity contribution in [3.05, 3.63) is 0 Å². The van der Waals surface area contributed by atoms with E-state index in [4.69, 9.17) is 0 Å². The number of ether oxygens (including phenoxy) is 1. The van der Waals surface area contributed by atoms with Crippen LogP contribution in [0.1, 0.15) is 32.6 Å². The molecule has 4 nitrogen and oxygen atoms in total. The van der Waals surface area contributed by atoms with Gasteiger partial charge in [-0.05, 0) is 31.7 Å². The van der Waals surface area contributed by atoms with Crippen LogP contribution in [0.3, 0.4) is 0 Å². The zero-order chi connectivity index (χ0) is 14.3. The van der Waals surface area contributed by atoms with Crippen LogP contribution in [0, 0.1) is 5.92 Å². The molecule has 2 rings (SSSR count). The lowest BCUT2D eigenvalue weighted by Gasteiger charge is -2.29. The first kappa shape index (κ1) is 14.6. The van der Waals surface area contributed by atoms with Gasteiger partial charge < -0.3 is 15.2 Å². The lowest BCUT2D eigenvalue weighted by atomic mass is 9.92. The van der Waals surface area contributed by atoms with E-state index in [-0.39, 0.29) is 12.5 Å². The van der Waals surface area contributed by atoms with Crippen LogP contribution in [0.4, 0.5) is 13.2 Å². The number of esters is 1. The molecule has 1 aliphatic carbocycles. The molecule has 0 aromatic carbocycles. The number of halogens is 3.